The van der Waals surface area contributed by atoms with Crippen LogP contribution in [-0.4, -0.2) is 29.0 Å². The summed E-state index contributed by atoms with van der Waals surface area (Å²) >= 11 is 0. The average Bonchev–Trinajstić information content (AvgIpc) is 2.54. The topological polar surface area (TPSA) is 54.5 Å². The van der Waals surface area contributed by atoms with Gasteiger partial charge in [0.1, 0.15) is 5.78 Å². The van der Waals surface area contributed by atoms with Crippen molar-refractivity contribution in [2.45, 2.75) is 33.1 Å². The minimum atomic E-state index is -0.250. The quantitative estimate of drug-likeness (QED) is 0.504. The van der Waals surface area contributed by atoms with Gasteiger partial charge in [0.2, 0.25) is 0 Å². The molecule has 0 saturated carbocycles. The maximum Gasteiger partial charge on any atom is 0.253 e. The van der Waals surface area contributed by atoms with E-state index in [0.717, 1.165) is 6.42 Å². The Morgan fingerprint density at radius 3 is 2.25 bits per heavy atom. The van der Waals surface area contributed by atoms with E-state index >= 15 is 0 Å². The summed E-state index contributed by atoms with van der Waals surface area (Å²) in [5.74, 6) is -0.200. The van der Waals surface area contributed by atoms with E-state index in [2.05, 4.69) is 0 Å². The lowest BCUT2D eigenvalue weighted by molar-refractivity contribution is -0.136. The first-order valence-electron chi connectivity index (χ1n) is 5.58. The van der Waals surface area contributed by atoms with E-state index in [1.165, 1.54) is 17.1 Å². The van der Waals surface area contributed by atoms with Crippen LogP contribution in [0.3, 0.4) is 0 Å². The zero-order chi connectivity index (χ0) is 12.1. The van der Waals surface area contributed by atoms with Crippen LogP contribution in [0.2, 0.25) is 0 Å². The Hall–Kier alpha value is -1.45. The summed E-state index contributed by atoms with van der Waals surface area (Å²) in [5.41, 5.74) is 0. The van der Waals surface area contributed by atoms with Gasteiger partial charge < -0.3 is 0 Å². The number of carbonyl (C=O) groups excluding carboxylic acids is 3. The van der Waals surface area contributed by atoms with Gasteiger partial charge in [-0.15, -0.1) is 0 Å². The molecular formula is C12H17NO3. The second kappa shape index (κ2) is 5.58. The number of unbranched alkanes of at least 4 members (excludes halogenated alkanes) is 1. The summed E-state index contributed by atoms with van der Waals surface area (Å²) < 4.78 is 0. The van der Waals surface area contributed by atoms with Gasteiger partial charge in [-0.05, 0) is 12.8 Å². The van der Waals surface area contributed by atoms with Crippen molar-refractivity contribution >= 4 is 17.6 Å². The van der Waals surface area contributed by atoms with Crippen LogP contribution < -0.4 is 0 Å². The van der Waals surface area contributed by atoms with Crippen molar-refractivity contribution in [2.75, 3.05) is 6.54 Å². The highest BCUT2D eigenvalue weighted by molar-refractivity contribution is 6.12. The molecule has 0 aliphatic carbocycles. The summed E-state index contributed by atoms with van der Waals surface area (Å²) in [5, 5.41) is 0. The Morgan fingerprint density at radius 2 is 1.75 bits per heavy atom. The van der Waals surface area contributed by atoms with Gasteiger partial charge in [0.25, 0.3) is 11.8 Å². The first-order chi connectivity index (χ1) is 7.52. The lowest BCUT2D eigenvalue weighted by Crippen LogP contribution is -2.30. The van der Waals surface area contributed by atoms with Gasteiger partial charge in [-0.1, -0.05) is 13.8 Å². The second-order valence-corrected chi connectivity index (χ2v) is 4.24. The molecule has 0 fully saturated rings. The summed E-state index contributed by atoms with van der Waals surface area (Å²) in [6, 6.07) is 0. The van der Waals surface area contributed by atoms with E-state index in [1.807, 2.05) is 13.8 Å². The minimum absolute atomic E-state index is 0.0664. The fourth-order valence-electron chi connectivity index (χ4n) is 1.51. The third-order valence-corrected chi connectivity index (χ3v) is 2.60. The van der Waals surface area contributed by atoms with E-state index in [1.54, 1.807) is 0 Å². The molecule has 0 saturated heterocycles. The van der Waals surface area contributed by atoms with Gasteiger partial charge in [-0.2, -0.15) is 0 Å². The van der Waals surface area contributed by atoms with Gasteiger partial charge >= 0.3 is 0 Å². The molecule has 1 rings (SSSR count). The minimum Gasteiger partial charge on any atom is -0.299 e. The Bertz CT molecular complexity index is 313. The highest BCUT2D eigenvalue weighted by atomic mass is 16.2. The van der Waals surface area contributed by atoms with Crippen molar-refractivity contribution in [3.05, 3.63) is 12.2 Å². The molecule has 16 heavy (non-hydrogen) atoms. The third kappa shape index (κ3) is 3.29. The number of carbonyl (C=O) groups is 3. The first kappa shape index (κ1) is 12.6. The number of nitrogens with zero attached hydrogens (tertiary/aromatic N) is 1. The summed E-state index contributed by atoms with van der Waals surface area (Å²) in [7, 11) is 0. The fraction of sp³-hybridized carbons (Fsp3) is 0.583. The maximum absolute atomic E-state index is 11.3. The highest BCUT2D eigenvalue weighted by Crippen LogP contribution is 2.08. The van der Waals surface area contributed by atoms with Gasteiger partial charge in [0, 0.05) is 31.0 Å². The number of hydrogen-bond acceptors (Lipinski definition) is 3. The largest absolute Gasteiger partial charge is 0.299 e. The molecule has 88 valence electrons. The van der Waals surface area contributed by atoms with Crippen LogP contribution in [0.25, 0.3) is 0 Å². The van der Waals surface area contributed by atoms with Gasteiger partial charge in [-0.25, -0.2) is 0 Å². The lowest BCUT2D eigenvalue weighted by Gasteiger charge is -2.13. The number of amides is 2. The van der Waals surface area contributed by atoms with Crippen molar-refractivity contribution in [1.29, 1.82) is 0 Å². The fourth-order valence-corrected chi connectivity index (χ4v) is 1.51. The van der Waals surface area contributed by atoms with E-state index < -0.39 is 0 Å². The Labute approximate surface area is 95.3 Å². The molecule has 0 aromatic heterocycles. The molecule has 1 aliphatic heterocycles. The molecule has 1 aliphatic rings. The van der Waals surface area contributed by atoms with Crippen LogP contribution in [0.1, 0.15) is 33.1 Å². The third-order valence-electron chi connectivity index (χ3n) is 2.60. The van der Waals surface area contributed by atoms with Gasteiger partial charge in [0.05, 0.1) is 0 Å². The molecule has 4 heteroatoms. The molecule has 0 aromatic carbocycles. The monoisotopic (exact) mass is 223 g/mol. The number of imide groups is 1. The second-order valence-electron chi connectivity index (χ2n) is 4.24. The van der Waals surface area contributed by atoms with Gasteiger partial charge in [0.15, 0.2) is 0 Å². The molecule has 0 unspecified atom stereocenters. The van der Waals surface area contributed by atoms with Crippen LogP contribution in [0.15, 0.2) is 12.2 Å². The summed E-state index contributed by atoms with van der Waals surface area (Å²) in [6.45, 7) is 4.16. The molecule has 0 atom stereocenters. The average molecular weight is 223 g/mol. The Balaban J connectivity index is 2.19. The van der Waals surface area contributed by atoms with Crippen LogP contribution in [-0.2, 0) is 14.4 Å². The van der Waals surface area contributed by atoms with Crippen LogP contribution in [0, 0.1) is 5.92 Å². The van der Waals surface area contributed by atoms with E-state index in [9.17, 15) is 14.4 Å². The molecule has 0 bridgehead atoms. The molecular weight excluding hydrogens is 206 g/mol. The van der Waals surface area contributed by atoms with Crippen molar-refractivity contribution in [3.63, 3.8) is 0 Å². The Morgan fingerprint density at radius 1 is 1.19 bits per heavy atom. The molecule has 4 nitrogen and oxygen atoms in total. The summed E-state index contributed by atoms with van der Waals surface area (Å²) in [6.07, 6.45) is 4.51. The number of hydrogen-bond donors (Lipinski definition) is 0. The van der Waals surface area contributed by atoms with E-state index in [-0.39, 0.29) is 23.5 Å². The highest BCUT2D eigenvalue weighted by Gasteiger charge is 2.22. The Kier molecular flexibility index (Phi) is 4.40. The number of rotatable bonds is 6. The van der Waals surface area contributed by atoms with Crippen molar-refractivity contribution < 1.29 is 14.4 Å². The zero-order valence-electron chi connectivity index (χ0n) is 9.73. The normalized spacial score (nSPS) is 15.3. The van der Waals surface area contributed by atoms with E-state index in [4.69, 9.17) is 0 Å². The molecule has 0 radical (unpaired) electrons. The van der Waals surface area contributed by atoms with Crippen LogP contribution in [0.4, 0.5) is 0 Å². The van der Waals surface area contributed by atoms with Crippen molar-refractivity contribution in [2.24, 2.45) is 5.92 Å². The zero-order valence-corrected chi connectivity index (χ0v) is 9.73. The molecule has 1 heterocycles. The summed E-state index contributed by atoms with van der Waals surface area (Å²) in [4.78, 5) is 34.9. The smallest absolute Gasteiger partial charge is 0.253 e. The molecule has 0 aromatic rings. The van der Waals surface area contributed by atoms with Crippen LogP contribution in [0.5, 0.6) is 0 Å². The van der Waals surface area contributed by atoms with Gasteiger partial charge in [-0.3, -0.25) is 19.3 Å². The SMILES string of the molecule is CC(C)C(=O)CCCCN1C(=O)C=CC1=O. The standard InChI is InChI=1S/C12H17NO3/c1-9(2)10(14)5-3-4-8-13-11(15)6-7-12(13)16/h6-7,9H,3-5,8H2,1-2H3. The lowest BCUT2D eigenvalue weighted by atomic mass is 10.0. The maximum atomic E-state index is 11.3. The van der Waals surface area contributed by atoms with Crippen molar-refractivity contribution in [3.8, 4) is 0 Å². The molecule has 0 N–H and O–H groups in total. The van der Waals surface area contributed by atoms with Crippen molar-refractivity contribution in [1.82, 2.24) is 4.90 Å². The van der Waals surface area contributed by atoms with E-state index in [0.29, 0.717) is 19.4 Å². The number of Topliss-reactive ketones (excluding diaryl/α,β-unsaturated/α-hetero) is 1. The predicted molar refractivity (Wildman–Crippen MR) is 59.6 cm³/mol. The molecule has 0 spiro atoms. The number of ketones is 1. The van der Waals surface area contributed by atoms with Crippen LogP contribution >= 0.6 is 0 Å². The predicted octanol–water partition coefficient (Wildman–Crippen LogP) is 1.31. The molecule has 2 amide bonds. The first-order valence-corrected chi connectivity index (χ1v) is 5.58.